The van der Waals surface area contributed by atoms with Crippen LogP contribution in [0.4, 0.5) is 0 Å². The molecule has 0 aliphatic heterocycles. The van der Waals surface area contributed by atoms with E-state index in [2.05, 4.69) is 5.32 Å². The van der Waals surface area contributed by atoms with E-state index in [0.717, 1.165) is 17.4 Å². The number of aryl methyl sites for hydroxylation is 1. The fourth-order valence-corrected chi connectivity index (χ4v) is 2.29. The van der Waals surface area contributed by atoms with Gasteiger partial charge in [0.1, 0.15) is 5.69 Å². The Morgan fingerprint density at radius 1 is 1.25 bits per heavy atom. The van der Waals surface area contributed by atoms with Crippen molar-refractivity contribution < 1.29 is 4.79 Å². The summed E-state index contributed by atoms with van der Waals surface area (Å²) in [6.45, 7) is 6.92. The molecule has 0 aliphatic carbocycles. The van der Waals surface area contributed by atoms with E-state index < -0.39 is 0 Å². The molecule has 0 fully saturated rings. The first-order valence-corrected chi connectivity index (χ1v) is 7.00. The normalized spacial score (nSPS) is 10.8. The molecule has 0 saturated heterocycles. The van der Waals surface area contributed by atoms with Gasteiger partial charge >= 0.3 is 0 Å². The van der Waals surface area contributed by atoms with Crippen LogP contribution >= 0.6 is 0 Å². The summed E-state index contributed by atoms with van der Waals surface area (Å²) < 4.78 is 1.53. The maximum absolute atomic E-state index is 12.5. The summed E-state index contributed by atoms with van der Waals surface area (Å²) in [7, 11) is 0. The molecule has 4 heteroatoms. The number of aromatic nitrogens is 1. The maximum Gasteiger partial charge on any atom is 0.268 e. The van der Waals surface area contributed by atoms with Crippen molar-refractivity contribution in [3.8, 4) is 0 Å². The van der Waals surface area contributed by atoms with E-state index in [-0.39, 0.29) is 11.5 Å². The van der Waals surface area contributed by atoms with Gasteiger partial charge in [0.05, 0.1) is 0 Å². The molecule has 0 radical (unpaired) electrons. The lowest BCUT2D eigenvalue weighted by molar-refractivity contribution is 0.0943. The number of pyridine rings is 1. The van der Waals surface area contributed by atoms with Gasteiger partial charge in [-0.05, 0) is 37.8 Å². The minimum Gasteiger partial charge on any atom is -0.351 e. The van der Waals surface area contributed by atoms with Crippen LogP contribution < -0.4 is 10.9 Å². The van der Waals surface area contributed by atoms with Gasteiger partial charge in [-0.15, -0.1) is 0 Å². The first-order valence-electron chi connectivity index (χ1n) is 7.00. The van der Waals surface area contributed by atoms with Crippen molar-refractivity contribution in [1.29, 1.82) is 0 Å². The second kappa shape index (κ2) is 5.90. The largest absolute Gasteiger partial charge is 0.351 e. The molecular formula is C16H20N2O2. The summed E-state index contributed by atoms with van der Waals surface area (Å²) in [6.07, 6.45) is 0.870. The zero-order valence-electron chi connectivity index (χ0n) is 12.2. The summed E-state index contributed by atoms with van der Waals surface area (Å²) in [4.78, 5) is 24.7. The summed E-state index contributed by atoms with van der Waals surface area (Å²) in [5, 5.41) is 4.31. The highest BCUT2D eigenvalue weighted by Crippen LogP contribution is 2.14. The second-order valence-corrected chi connectivity index (χ2v) is 4.93. The van der Waals surface area contributed by atoms with Gasteiger partial charge in [0.15, 0.2) is 0 Å². The van der Waals surface area contributed by atoms with Gasteiger partial charge in [-0.1, -0.05) is 24.6 Å². The molecule has 106 valence electrons. The van der Waals surface area contributed by atoms with Crippen molar-refractivity contribution in [1.82, 2.24) is 9.88 Å². The van der Waals surface area contributed by atoms with Crippen molar-refractivity contribution in [2.45, 2.75) is 33.7 Å². The summed E-state index contributed by atoms with van der Waals surface area (Å²) >= 11 is 0. The highest BCUT2D eigenvalue weighted by molar-refractivity contribution is 5.96. The number of rotatable bonds is 4. The molecule has 1 N–H and O–H groups in total. The molecule has 1 heterocycles. The predicted molar refractivity (Wildman–Crippen MR) is 81.2 cm³/mol. The van der Waals surface area contributed by atoms with E-state index in [0.29, 0.717) is 24.2 Å². The van der Waals surface area contributed by atoms with Crippen molar-refractivity contribution in [2.24, 2.45) is 0 Å². The van der Waals surface area contributed by atoms with Gasteiger partial charge in [-0.2, -0.15) is 0 Å². The van der Waals surface area contributed by atoms with Crippen molar-refractivity contribution in [3.05, 3.63) is 45.9 Å². The molecule has 1 amide bonds. The van der Waals surface area contributed by atoms with E-state index in [1.807, 2.05) is 39.0 Å². The van der Waals surface area contributed by atoms with Crippen molar-refractivity contribution in [2.75, 3.05) is 6.54 Å². The van der Waals surface area contributed by atoms with Crippen LogP contribution in [0.2, 0.25) is 0 Å². The third-order valence-electron chi connectivity index (χ3n) is 3.35. The molecule has 0 bridgehead atoms. The highest BCUT2D eigenvalue weighted by Gasteiger charge is 2.14. The van der Waals surface area contributed by atoms with Gasteiger partial charge in [0.2, 0.25) is 0 Å². The number of amides is 1. The van der Waals surface area contributed by atoms with Gasteiger partial charge in [-0.3, -0.25) is 9.59 Å². The number of carbonyl (C=O) groups is 1. The van der Waals surface area contributed by atoms with Crippen molar-refractivity contribution in [3.63, 3.8) is 0 Å². The van der Waals surface area contributed by atoms with Crippen LogP contribution in [0.25, 0.3) is 10.8 Å². The Kier molecular flexibility index (Phi) is 4.23. The number of fused-ring (bicyclic) bond motifs is 1. The average Bonchev–Trinajstić information content (AvgIpc) is 2.45. The minimum atomic E-state index is -0.187. The molecule has 4 nitrogen and oxygen atoms in total. The molecule has 0 atom stereocenters. The molecule has 0 saturated carbocycles. The molecule has 2 aromatic rings. The quantitative estimate of drug-likeness (QED) is 0.929. The first-order chi connectivity index (χ1) is 9.58. The van der Waals surface area contributed by atoms with E-state index in [4.69, 9.17) is 0 Å². The smallest absolute Gasteiger partial charge is 0.268 e. The molecule has 1 aromatic heterocycles. The number of benzene rings is 1. The molecule has 20 heavy (non-hydrogen) atoms. The third-order valence-corrected chi connectivity index (χ3v) is 3.35. The Morgan fingerprint density at radius 3 is 2.65 bits per heavy atom. The number of nitrogens with zero attached hydrogens (tertiary/aromatic N) is 1. The van der Waals surface area contributed by atoms with Crippen LogP contribution in [0.3, 0.4) is 0 Å². The lowest BCUT2D eigenvalue weighted by Gasteiger charge is -2.13. The number of carbonyl (C=O) groups excluding carboxylic acids is 1. The monoisotopic (exact) mass is 272 g/mol. The first kappa shape index (κ1) is 14.3. The molecule has 0 aliphatic rings. The topological polar surface area (TPSA) is 51.1 Å². The Labute approximate surface area is 118 Å². The fourth-order valence-electron chi connectivity index (χ4n) is 2.29. The van der Waals surface area contributed by atoms with Crippen molar-refractivity contribution >= 4 is 16.7 Å². The molecule has 2 rings (SSSR count). The van der Waals surface area contributed by atoms with Crippen LogP contribution in [0.1, 0.15) is 36.3 Å². The highest BCUT2D eigenvalue weighted by atomic mass is 16.2. The van der Waals surface area contributed by atoms with Gasteiger partial charge in [0, 0.05) is 18.5 Å². The standard InChI is InChI=1S/C16H20N2O2/c1-4-8-17-15(19)14-10-12-7-6-11(3)9-13(12)16(20)18(14)5-2/h6-7,9-10H,4-5,8H2,1-3H3,(H,17,19). The predicted octanol–water partition coefficient (Wildman–Crippen LogP) is 2.47. The molecule has 0 unspecified atom stereocenters. The van der Waals surface area contributed by atoms with E-state index >= 15 is 0 Å². The van der Waals surface area contributed by atoms with Crippen LogP contribution in [0.5, 0.6) is 0 Å². The molecule has 1 aromatic carbocycles. The second-order valence-electron chi connectivity index (χ2n) is 4.93. The summed E-state index contributed by atoms with van der Waals surface area (Å²) in [5.41, 5.74) is 1.37. The number of nitrogens with one attached hydrogen (secondary N) is 1. The zero-order chi connectivity index (χ0) is 14.7. The fraction of sp³-hybridized carbons (Fsp3) is 0.375. The van der Waals surface area contributed by atoms with Gasteiger partial charge in [-0.25, -0.2) is 0 Å². The van der Waals surface area contributed by atoms with Crippen LogP contribution in [-0.2, 0) is 6.54 Å². The summed E-state index contributed by atoms with van der Waals surface area (Å²) in [5.74, 6) is -0.187. The Bertz CT molecular complexity index is 701. The lowest BCUT2D eigenvalue weighted by Crippen LogP contribution is -2.32. The van der Waals surface area contributed by atoms with Crippen LogP contribution in [0, 0.1) is 6.92 Å². The zero-order valence-corrected chi connectivity index (χ0v) is 12.2. The maximum atomic E-state index is 12.5. The third kappa shape index (κ3) is 2.59. The van der Waals surface area contributed by atoms with Gasteiger partial charge in [0.25, 0.3) is 11.5 Å². The van der Waals surface area contributed by atoms with Crippen LogP contribution in [-0.4, -0.2) is 17.0 Å². The molecular weight excluding hydrogens is 252 g/mol. The Balaban J connectivity index is 2.63. The SMILES string of the molecule is CCCNC(=O)c1cc2ccc(C)cc2c(=O)n1CC. The molecule has 0 spiro atoms. The number of hydrogen-bond donors (Lipinski definition) is 1. The Morgan fingerprint density at radius 2 is 2.00 bits per heavy atom. The Hall–Kier alpha value is -2.10. The minimum absolute atomic E-state index is 0.102. The average molecular weight is 272 g/mol. The number of hydrogen-bond acceptors (Lipinski definition) is 2. The van der Waals surface area contributed by atoms with Gasteiger partial charge < -0.3 is 9.88 Å². The van der Waals surface area contributed by atoms with E-state index in [9.17, 15) is 9.59 Å². The van der Waals surface area contributed by atoms with E-state index in [1.54, 1.807) is 6.07 Å². The summed E-state index contributed by atoms with van der Waals surface area (Å²) in [6, 6.07) is 7.51. The lowest BCUT2D eigenvalue weighted by atomic mass is 10.1. The van der Waals surface area contributed by atoms with E-state index in [1.165, 1.54) is 4.57 Å². The van der Waals surface area contributed by atoms with Crippen LogP contribution in [0.15, 0.2) is 29.1 Å².